The lowest BCUT2D eigenvalue weighted by molar-refractivity contribution is -0.378. The van der Waals surface area contributed by atoms with Gasteiger partial charge >= 0.3 is 17.9 Å². The summed E-state index contributed by atoms with van der Waals surface area (Å²) in [6, 6.07) is 0. The van der Waals surface area contributed by atoms with E-state index in [0.29, 0.717) is 25.7 Å². The van der Waals surface area contributed by atoms with Crippen molar-refractivity contribution >= 4 is 17.9 Å². The molecule has 0 bridgehead atoms. The third-order valence-electron chi connectivity index (χ3n) is 21.9. The molecule has 8 aliphatic rings. The normalized spacial score (nSPS) is 48.3. The third-order valence-corrected chi connectivity index (χ3v) is 21.9. The zero-order valence-corrected chi connectivity index (χ0v) is 49.9. The van der Waals surface area contributed by atoms with Gasteiger partial charge in [-0.2, -0.15) is 0 Å². The van der Waals surface area contributed by atoms with E-state index in [4.69, 9.17) is 42.6 Å². The summed E-state index contributed by atoms with van der Waals surface area (Å²) in [7, 11) is 0. The first-order valence-electron chi connectivity index (χ1n) is 29.4. The molecule has 0 radical (unpaired) electrons. The molecule has 4 saturated carbocycles. The van der Waals surface area contributed by atoms with E-state index in [-0.39, 0.29) is 34.8 Å². The van der Waals surface area contributed by atoms with E-state index in [0.717, 1.165) is 18.4 Å². The Hall–Kier alpha value is -3.01. The van der Waals surface area contributed by atoms with E-state index >= 15 is 0 Å². The fourth-order valence-electron chi connectivity index (χ4n) is 16.7. The van der Waals surface area contributed by atoms with Gasteiger partial charge in [-0.15, -0.1) is 0 Å². The van der Waals surface area contributed by atoms with Crippen molar-refractivity contribution in [2.24, 2.45) is 50.2 Å². The summed E-state index contributed by atoms with van der Waals surface area (Å²) < 4.78 is 55.7. The Bertz CT molecular complexity index is 2420. The third kappa shape index (κ3) is 10.7. The van der Waals surface area contributed by atoms with Crippen LogP contribution >= 0.6 is 0 Å². The fraction of sp³-hybridized carbons (Fsp3) is 0.850. The van der Waals surface area contributed by atoms with E-state index in [9.17, 15) is 65.4 Å². The molecule has 82 heavy (non-hydrogen) atoms. The average Bonchev–Trinajstić information content (AvgIpc) is 0.732. The number of aliphatic hydroxyl groups is 10. The van der Waals surface area contributed by atoms with Crippen LogP contribution in [0.1, 0.15) is 135 Å². The standard InChI is InChI=1S/C60H94O22/c1-14-27(3)50(72)79-45-29(5)74-53(44(71)46(45)80-51(73)28(4)15-2)82-48-49(75-30(6)64)60(26-63)32(22-55(48,7)8)31-16-17-36-57(11)20-19-38(56(9,10)35(57)18-21-58(36,12)59(31,13)23-37(60)65)78-54-47(42(69)40(67)34(25-62)77-54)81-52-43(70)41(68)39(66)33(24-61)76-52/h14-16,29,32-49,52-54,61-63,65-71H,17-26H2,1-13H3/b27-14-,28-15-/t29-,32?,33+,34+,35?,36?,37+,38-,39+,40+,41-,42-,43+,44-,45+,46-,47+,48-,49-,52-,53+,54-,57-,58+,59+,60-/m0/s1. The molecule has 3 saturated heterocycles. The molecular formula is C60H94O22. The lowest BCUT2D eigenvalue weighted by Gasteiger charge is -2.72. The monoisotopic (exact) mass is 1170 g/mol. The summed E-state index contributed by atoms with van der Waals surface area (Å²) in [5.41, 5.74) is -2.81. The van der Waals surface area contributed by atoms with Crippen LogP contribution in [0.4, 0.5) is 0 Å². The number of esters is 3. The van der Waals surface area contributed by atoms with Gasteiger partial charge in [0.2, 0.25) is 0 Å². The quantitative estimate of drug-likeness (QED) is 0.0392. The van der Waals surface area contributed by atoms with Gasteiger partial charge in [-0.1, -0.05) is 72.3 Å². The summed E-state index contributed by atoms with van der Waals surface area (Å²) in [6.07, 6.45) is -17.9. The molecule has 26 atom stereocenters. The van der Waals surface area contributed by atoms with E-state index in [1.807, 2.05) is 13.8 Å². The van der Waals surface area contributed by atoms with Gasteiger partial charge in [-0.05, 0) is 124 Å². The van der Waals surface area contributed by atoms with E-state index in [1.54, 1.807) is 46.8 Å². The smallest absolute Gasteiger partial charge is 0.333 e. The molecular weight excluding hydrogens is 1070 g/mol. The highest BCUT2D eigenvalue weighted by Gasteiger charge is 2.74. The summed E-state index contributed by atoms with van der Waals surface area (Å²) in [5.74, 6) is -2.58. The minimum Gasteiger partial charge on any atom is -0.459 e. The summed E-state index contributed by atoms with van der Waals surface area (Å²) in [4.78, 5) is 39.9. The second-order valence-electron chi connectivity index (χ2n) is 27.0. The van der Waals surface area contributed by atoms with Gasteiger partial charge in [0.25, 0.3) is 0 Å². The van der Waals surface area contributed by atoms with Crippen molar-refractivity contribution in [2.75, 3.05) is 19.8 Å². The van der Waals surface area contributed by atoms with Gasteiger partial charge < -0.3 is 93.7 Å². The van der Waals surface area contributed by atoms with Crippen LogP contribution in [0, 0.1) is 50.2 Å². The zero-order chi connectivity index (χ0) is 60.7. The van der Waals surface area contributed by atoms with Gasteiger partial charge in [0.15, 0.2) is 31.1 Å². The minimum atomic E-state index is -1.82. The van der Waals surface area contributed by atoms with Crippen molar-refractivity contribution in [1.29, 1.82) is 0 Å². The maximum Gasteiger partial charge on any atom is 0.333 e. The number of ether oxygens (including phenoxy) is 9. The van der Waals surface area contributed by atoms with E-state index in [1.165, 1.54) is 6.92 Å². The molecule has 10 N–H and O–H groups in total. The first-order chi connectivity index (χ1) is 38.3. The van der Waals surface area contributed by atoms with Crippen LogP contribution in [0.5, 0.6) is 0 Å². The number of hydrogen-bond donors (Lipinski definition) is 10. The second-order valence-corrected chi connectivity index (χ2v) is 27.0. The molecule has 8 rings (SSSR count). The number of allylic oxidation sites excluding steroid dienone is 4. The largest absolute Gasteiger partial charge is 0.459 e. The van der Waals surface area contributed by atoms with Crippen LogP contribution in [0.3, 0.4) is 0 Å². The molecule has 5 aliphatic carbocycles. The molecule has 3 unspecified atom stereocenters. The summed E-state index contributed by atoms with van der Waals surface area (Å²) in [5, 5.41) is 112. The van der Waals surface area contributed by atoms with Crippen LogP contribution in [-0.2, 0) is 57.0 Å². The van der Waals surface area contributed by atoms with E-state index in [2.05, 4.69) is 40.7 Å². The number of hydrogen-bond acceptors (Lipinski definition) is 22. The van der Waals surface area contributed by atoms with Gasteiger partial charge in [0.05, 0.1) is 43.5 Å². The van der Waals surface area contributed by atoms with Crippen molar-refractivity contribution in [1.82, 2.24) is 0 Å². The Morgan fingerprint density at radius 3 is 1.77 bits per heavy atom. The minimum absolute atomic E-state index is 0.0350. The molecule has 0 amide bonds. The van der Waals surface area contributed by atoms with Crippen molar-refractivity contribution in [2.45, 2.75) is 251 Å². The van der Waals surface area contributed by atoms with Gasteiger partial charge in [0, 0.05) is 18.1 Å². The molecule has 22 heteroatoms. The molecule has 0 aromatic carbocycles. The highest BCUT2D eigenvalue weighted by molar-refractivity contribution is 5.88. The number of fused-ring (bicyclic) bond motifs is 7. The lowest BCUT2D eigenvalue weighted by atomic mass is 9.33. The Morgan fingerprint density at radius 2 is 1.20 bits per heavy atom. The van der Waals surface area contributed by atoms with Gasteiger partial charge in [-0.3, -0.25) is 4.79 Å². The summed E-state index contributed by atoms with van der Waals surface area (Å²) in [6.45, 7) is 22.3. The predicted molar refractivity (Wildman–Crippen MR) is 289 cm³/mol. The maximum atomic E-state index is 13.4. The number of aliphatic hydroxyl groups excluding tert-OH is 10. The number of rotatable bonds is 14. The number of carbonyl (C=O) groups excluding carboxylic acids is 3. The number of carbonyl (C=O) groups is 3. The highest BCUT2D eigenvalue weighted by Crippen LogP contribution is 2.76. The van der Waals surface area contributed by atoms with Gasteiger partial charge in [0.1, 0.15) is 67.1 Å². The molecule has 0 aromatic rings. The zero-order valence-electron chi connectivity index (χ0n) is 49.9. The Balaban J connectivity index is 1.08. The predicted octanol–water partition coefficient (Wildman–Crippen LogP) is 2.16. The Morgan fingerprint density at radius 1 is 0.622 bits per heavy atom. The fourth-order valence-corrected chi connectivity index (χ4v) is 16.7. The molecule has 3 aliphatic heterocycles. The van der Waals surface area contributed by atoms with Crippen LogP contribution < -0.4 is 0 Å². The van der Waals surface area contributed by atoms with E-state index < -0.39 is 187 Å². The summed E-state index contributed by atoms with van der Waals surface area (Å²) >= 11 is 0. The topological polar surface area (TPSA) is 337 Å². The van der Waals surface area contributed by atoms with Crippen LogP contribution in [0.25, 0.3) is 0 Å². The molecule has 0 aromatic heterocycles. The average molecular weight is 1170 g/mol. The first kappa shape index (κ1) is 65.0. The van der Waals surface area contributed by atoms with Gasteiger partial charge in [-0.25, -0.2) is 9.59 Å². The molecule has 0 spiro atoms. The first-order valence-corrected chi connectivity index (χ1v) is 29.4. The van der Waals surface area contributed by atoms with Crippen molar-refractivity contribution in [3.8, 4) is 0 Å². The van der Waals surface area contributed by atoms with Crippen molar-refractivity contribution in [3.05, 3.63) is 34.9 Å². The second kappa shape index (κ2) is 23.9. The van der Waals surface area contributed by atoms with Crippen LogP contribution in [-0.4, -0.2) is 205 Å². The molecule has 7 fully saturated rings. The Kier molecular flexibility index (Phi) is 19.0. The molecule has 22 nitrogen and oxygen atoms in total. The SMILES string of the molecule is C/C=C(/C)C(=O)O[C@H]1[C@H](O)[C@@H](O[C@H]2[C@H](OC(C)=O)[C@@]3(CO)C(CC2(C)C)C2=CCC4[C@@]5(C)CC[C@H](O[C@@H]6O[C@H](CO)[C@@H](O)[C@H](O)[C@H]6O[C@@H]6O[C@H](CO)[C@@H](O)[C@H](O)[C@H]6O)C(C)(C)C5CC[C@@]4(C)[C@]2(C)C[C@H]3O)O[C@@H](C)[C@H]1OC(=O)/C(C)=C\C. The molecule has 3 heterocycles. The van der Waals surface area contributed by atoms with Crippen molar-refractivity contribution in [3.63, 3.8) is 0 Å². The van der Waals surface area contributed by atoms with Crippen LogP contribution in [0.15, 0.2) is 34.9 Å². The molecule has 466 valence electrons. The van der Waals surface area contributed by atoms with Crippen LogP contribution in [0.2, 0.25) is 0 Å². The maximum absolute atomic E-state index is 13.4. The highest BCUT2D eigenvalue weighted by atomic mass is 16.8. The van der Waals surface area contributed by atoms with Crippen molar-refractivity contribution < 1.29 is 108 Å². The lowest BCUT2D eigenvalue weighted by Crippen LogP contribution is -2.73. The Labute approximate surface area is 481 Å².